The minimum atomic E-state index is -0.122. The lowest BCUT2D eigenvalue weighted by atomic mass is 9.97. The van der Waals surface area contributed by atoms with Crippen molar-refractivity contribution in [3.05, 3.63) is 84.4 Å². The maximum atomic E-state index is 6.43. The van der Waals surface area contributed by atoms with E-state index in [2.05, 4.69) is 69.0 Å². The minimum Gasteiger partial charge on any atom is -0.481 e. The number of aryl methyl sites for hydroxylation is 1. The van der Waals surface area contributed by atoms with Crippen LogP contribution < -0.4 is 20.1 Å². The molecule has 0 bridgehead atoms. The molecule has 0 spiro atoms. The SMILES string of the molecule is COc1ccc([C@@H](C)CN[C@H](c2ccccc2)[C@@H]2CNc3cc(-c4cnn(C)c4)cnc3O2)cn1. The fraction of sp³-hybridized carbons (Fsp3) is 0.296. The van der Waals surface area contributed by atoms with Crippen LogP contribution in [0.5, 0.6) is 11.8 Å². The van der Waals surface area contributed by atoms with Crippen LogP contribution in [0.25, 0.3) is 11.1 Å². The Morgan fingerprint density at radius 2 is 1.94 bits per heavy atom. The van der Waals surface area contributed by atoms with Crippen molar-refractivity contribution in [2.75, 3.05) is 25.5 Å². The number of nitrogens with one attached hydrogen (secondary N) is 2. The van der Waals surface area contributed by atoms with Crippen LogP contribution in [0.4, 0.5) is 5.69 Å². The van der Waals surface area contributed by atoms with Crippen LogP contribution in [-0.2, 0) is 7.05 Å². The van der Waals surface area contributed by atoms with E-state index in [0.717, 1.165) is 28.9 Å². The number of anilines is 1. The van der Waals surface area contributed by atoms with Crippen molar-refractivity contribution in [3.8, 4) is 22.9 Å². The molecular formula is C27H30N6O2. The average Bonchev–Trinajstić information content (AvgIpc) is 3.35. The number of fused-ring (bicyclic) bond motifs is 1. The predicted octanol–water partition coefficient (Wildman–Crippen LogP) is 4.19. The summed E-state index contributed by atoms with van der Waals surface area (Å²) in [6, 6.07) is 16.4. The van der Waals surface area contributed by atoms with E-state index in [4.69, 9.17) is 9.47 Å². The Bertz CT molecular complexity index is 1260. The summed E-state index contributed by atoms with van der Waals surface area (Å²) >= 11 is 0. The Hall–Kier alpha value is -3.91. The zero-order chi connectivity index (χ0) is 24.2. The topological polar surface area (TPSA) is 86.1 Å². The summed E-state index contributed by atoms with van der Waals surface area (Å²) in [4.78, 5) is 8.97. The minimum absolute atomic E-state index is 0.00897. The molecule has 0 saturated carbocycles. The number of aromatic nitrogens is 4. The molecule has 0 amide bonds. The molecule has 0 radical (unpaired) electrons. The summed E-state index contributed by atoms with van der Waals surface area (Å²) in [6.07, 6.45) is 7.41. The van der Waals surface area contributed by atoms with Crippen molar-refractivity contribution in [2.24, 2.45) is 7.05 Å². The van der Waals surface area contributed by atoms with Gasteiger partial charge in [0, 0.05) is 49.4 Å². The van der Waals surface area contributed by atoms with Gasteiger partial charge < -0.3 is 20.1 Å². The lowest BCUT2D eigenvalue weighted by molar-refractivity contribution is 0.149. The van der Waals surface area contributed by atoms with E-state index in [1.165, 1.54) is 5.56 Å². The maximum Gasteiger partial charge on any atom is 0.237 e. The van der Waals surface area contributed by atoms with Crippen LogP contribution in [0.2, 0.25) is 0 Å². The Morgan fingerprint density at radius 3 is 2.66 bits per heavy atom. The van der Waals surface area contributed by atoms with Gasteiger partial charge in [0.1, 0.15) is 6.10 Å². The molecule has 180 valence electrons. The van der Waals surface area contributed by atoms with Crippen LogP contribution in [0.3, 0.4) is 0 Å². The van der Waals surface area contributed by atoms with E-state index in [1.807, 2.05) is 44.0 Å². The number of hydrogen-bond acceptors (Lipinski definition) is 7. The highest BCUT2D eigenvalue weighted by Gasteiger charge is 2.30. The van der Waals surface area contributed by atoms with Gasteiger partial charge in [0.05, 0.1) is 31.6 Å². The van der Waals surface area contributed by atoms with Crippen LogP contribution in [0.1, 0.15) is 30.0 Å². The molecule has 2 N–H and O–H groups in total. The quantitative estimate of drug-likeness (QED) is 0.399. The third-order valence-electron chi connectivity index (χ3n) is 6.36. The second kappa shape index (κ2) is 10.1. The van der Waals surface area contributed by atoms with Crippen LogP contribution >= 0.6 is 0 Å². The molecule has 0 aliphatic carbocycles. The van der Waals surface area contributed by atoms with E-state index in [-0.39, 0.29) is 18.1 Å². The Labute approximate surface area is 205 Å². The first-order valence-electron chi connectivity index (χ1n) is 11.8. The molecule has 4 aromatic rings. The molecule has 0 unspecified atom stereocenters. The first kappa shape index (κ1) is 22.9. The Balaban J connectivity index is 1.32. The standard InChI is InChI=1S/C27H30N6O2/c1-18(20-9-10-25(34-3)29-13-20)12-30-26(19-7-5-4-6-8-19)24-16-28-23-11-21(14-31-27(23)35-24)22-15-32-33(2)17-22/h4-11,13-15,17-18,24,26,28,30H,12,16H2,1-3H3/t18-,24-,26+/m0/s1. The second-order valence-corrected chi connectivity index (χ2v) is 8.85. The lowest BCUT2D eigenvalue weighted by Gasteiger charge is -2.34. The fourth-order valence-corrected chi connectivity index (χ4v) is 4.33. The van der Waals surface area contributed by atoms with Gasteiger partial charge in [-0.15, -0.1) is 0 Å². The van der Waals surface area contributed by atoms with Crippen molar-refractivity contribution in [2.45, 2.75) is 25.0 Å². The number of methoxy groups -OCH3 is 1. The molecular weight excluding hydrogens is 440 g/mol. The molecule has 0 fully saturated rings. The van der Waals surface area contributed by atoms with E-state index in [0.29, 0.717) is 18.3 Å². The molecule has 1 aliphatic rings. The van der Waals surface area contributed by atoms with Crippen molar-refractivity contribution >= 4 is 5.69 Å². The normalized spacial score (nSPS) is 16.5. The van der Waals surface area contributed by atoms with Crippen molar-refractivity contribution < 1.29 is 9.47 Å². The third kappa shape index (κ3) is 5.12. The van der Waals surface area contributed by atoms with E-state index in [9.17, 15) is 0 Å². The van der Waals surface area contributed by atoms with E-state index < -0.39 is 0 Å². The van der Waals surface area contributed by atoms with Crippen molar-refractivity contribution in [1.82, 2.24) is 25.1 Å². The van der Waals surface area contributed by atoms with Gasteiger partial charge in [-0.3, -0.25) is 4.68 Å². The van der Waals surface area contributed by atoms with Crippen molar-refractivity contribution in [1.29, 1.82) is 0 Å². The molecule has 1 aromatic carbocycles. The summed E-state index contributed by atoms with van der Waals surface area (Å²) in [5.41, 5.74) is 5.26. The highest BCUT2D eigenvalue weighted by Crippen LogP contribution is 2.34. The van der Waals surface area contributed by atoms with Crippen molar-refractivity contribution in [3.63, 3.8) is 0 Å². The van der Waals surface area contributed by atoms with Gasteiger partial charge in [-0.1, -0.05) is 43.3 Å². The van der Waals surface area contributed by atoms with Crippen LogP contribution in [0.15, 0.2) is 73.3 Å². The molecule has 8 heteroatoms. The van der Waals surface area contributed by atoms with Gasteiger partial charge >= 0.3 is 0 Å². The van der Waals surface area contributed by atoms with Gasteiger partial charge in [-0.25, -0.2) is 9.97 Å². The number of ether oxygens (including phenoxy) is 2. The number of hydrogen-bond donors (Lipinski definition) is 2. The number of benzene rings is 1. The monoisotopic (exact) mass is 470 g/mol. The summed E-state index contributed by atoms with van der Waals surface area (Å²) in [6.45, 7) is 3.62. The molecule has 35 heavy (non-hydrogen) atoms. The summed E-state index contributed by atoms with van der Waals surface area (Å²) < 4.78 is 13.4. The zero-order valence-corrected chi connectivity index (χ0v) is 20.2. The predicted molar refractivity (Wildman–Crippen MR) is 136 cm³/mol. The molecule has 3 aromatic heterocycles. The largest absolute Gasteiger partial charge is 0.481 e. The van der Waals surface area contributed by atoms with E-state index >= 15 is 0 Å². The molecule has 5 rings (SSSR count). The maximum absolute atomic E-state index is 6.43. The summed E-state index contributed by atoms with van der Waals surface area (Å²) in [5.74, 6) is 1.50. The number of rotatable bonds is 8. The third-order valence-corrected chi connectivity index (χ3v) is 6.36. The van der Waals surface area contributed by atoms with Gasteiger partial charge in [0.2, 0.25) is 11.8 Å². The number of nitrogens with zero attached hydrogens (tertiary/aromatic N) is 4. The van der Waals surface area contributed by atoms with Crippen LogP contribution in [-0.4, -0.2) is 46.1 Å². The van der Waals surface area contributed by atoms with Gasteiger partial charge in [0.25, 0.3) is 0 Å². The molecule has 0 saturated heterocycles. The average molecular weight is 471 g/mol. The van der Waals surface area contributed by atoms with Gasteiger partial charge in [-0.2, -0.15) is 5.10 Å². The molecule has 3 atom stereocenters. The Morgan fingerprint density at radius 1 is 1.09 bits per heavy atom. The van der Waals surface area contributed by atoms with Gasteiger partial charge in [0.15, 0.2) is 0 Å². The number of pyridine rings is 2. The second-order valence-electron chi connectivity index (χ2n) is 8.85. The smallest absolute Gasteiger partial charge is 0.237 e. The highest BCUT2D eigenvalue weighted by atomic mass is 16.5. The first-order chi connectivity index (χ1) is 17.1. The highest BCUT2D eigenvalue weighted by molar-refractivity contribution is 5.69. The molecule has 8 nitrogen and oxygen atoms in total. The van der Waals surface area contributed by atoms with Gasteiger partial charge in [-0.05, 0) is 23.1 Å². The first-order valence-corrected chi connectivity index (χ1v) is 11.8. The van der Waals surface area contributed by atoms with E-state index in [1.54, 1.807) is 11.8 Å². The molecule has 4 heterocycles. The Kier molecular flexibility index (Phi) is 6.63. The summed E-state index contributed by atoms with van der Waals surface area (Å²) in [5, 5.41) is 11.5. The zero-order valence-electron chi connectivity index (χ0n) is 20.2. The lowest BCUT2D eigenvalue weighted by Crippen LogP contribution is -2.43. The summed E-state index contributed by atoms with van der Waals surface area (Å²) in [7, 11) is 3.53. The fourth-order valence-electron chi connectivity index (χ4n) is 4.33. The molecule has 1 aliphatic heterocycles. The van der Waals surface area contributed by atoms with Crippen LogP contribution in [0, 0.1) is 0 Å².